The van der Waals surface area contributed by atoms with Gasteiger partial charge in [0.1, 0.15) is 6.04 Å². The second kappa shape index (κ2) is 7.83. The predicted octanol–water partition coefficient (Wildman–Crippen LogP) is 5.27. The maximum Gasteiger partial charge on any atom is 0.240 e. The van der Waals surface area contributed by atoms with Crippen molar-refractivity contribution in [2.45, 2.75) is 12.1 Å². The highest BCUT2D eigenvalue weighted by Gasteiger charge is 2.64. The Morgan fingerprint density at radius 1 is 0.765 bits per heavy atom. The molecule has 0 aromatic heterocycles. The zero-order chi connectivity index (χ0) is 23.6. The number of fused-ring (bicyclic) bond motifs is 5. The number of hydrogen-bond acceptors (Lipinski definition) is 4. The summed E-state index contributed by atoms with van der Waals surface area (Å²) in [6.07, 6.45) is 3.88. The highest BCUT2D eigenvalue weighted by Crippen LogP contribution is 2.50. The lowest BCUT2D eigenvalue weighted by atomic mass is 9.86. The van der Waals surface area contributed by atoms with Gasteiger partial charge >= 0.3 is 0 Å². The van der Waals surface area contributed by atoms with E-state index in [2.05, 4.69) is 0 Å². The molecule has 2 amide bonds. The van der Waals surface area contributed by atoms with Crippen LogP contribution in [-0.2, 0) is 9.59 Å². The molecule has 2 fully saturated rings. The van der Waals surface area contributed by atoms with Gasteiger partial charge in [0.05, 0.1) is 28.6 Å². The molecule has 3 heterocycles. The van der Waals surface area contributed by atoms with Crippen molar-refractivity contribution in [3.05, 3.63) is 100 Å². The smallest absolute Gasteiger partial charge is 0.240 e. The number of carbonyl (C=O) groups is 3. The van der Waals surface area contributed by atoms with Gasteiger partial charge in [0.15, 0.2) is 5.78 Å². The quantitative estimate of drug-likeness (QED) is 0.372. The van der Waals surface area contributed by atoms with Crippen LogP contribution in [0.5, 0.6) is 0 Å². The first kappa shape index (κ1) is 21.1. The lowest BCUT2D eigenvalue weighted by Gasteiger charge is -2.36. The predicted molar refractivity (Wildman–Crippen MR) is 132 cm³/mol. The van der Waals surface area contributed by atoms with Crippen molar-refractivity contribution < 1.29 is 14.4 Å². The van der Waals surface area contributed by atoms with Crippen molar-refractivity contribution in [1.82, 2.24) is 0 Å². The molecule has 34 heavy (non-hydrogen) atoms. The lowest BCUT2D eigenvalue weighted by Crippen LogP contribution is -2.48. The van der Waals surface area contributed by atoms with Gasteiger partial charge in [0.2, 0.25) is 11.8 Å². The number of rotatable bonds is 3. The van der Waals surface area contributed by atoms with Crippen LogP contribution in [0.25, 0.3) is 6.08 Å². The summed E-state index contributed by atoms with van der Waals surface area (Å²) in [4.78, 5) is 44.6. The largest absolute Gasteiger partial charge is 0.352 e. The molecular weight excluding hydrogens is 471 g/mol. The molecule has 6 rings (SSSR count). The topological polar surface area (TPSA) is 57.7 Å². The van der Waals surface area contributed by atoms with E-state index >= 15 is 0 Å². The monoisotopic (exact) mass is 488 g/mol. The van der Waals surface area contributed by atoms with Crippen LogP contribution in [0.2, 0.25) is 10.0 Å². The summed E-state index contributed by atoms with van der Waals surface area (Å²) in [6.45, 7) is 0. The molecule has 0 unspecified atom stereocenters. The average molecular weight is 489 g/mol. The summed E-state index contributed by atoms with van der Waals surface area (Å²) in [5.41, 5.74) is 2.56. The Morgan fingerprint density at radius 3 is 2.15 bits per heavy atom. The molecule has 3 aliphatic heterocycles. The molecule has 4 atom stereocenters. The standard InChI is InChI=1S/C27H18Cl2N2O3/c28-17-12-9-16(10-13-17)25(32)24-23-22(21-14-11-15-5-1-3-7-19(15)30(21)24)26(33)31(27(23)34)20-8-4-2-6-18(20)29/h1-14,21-24H/t21-,22+,23-,24+/m1/s1. The number of nitrogens with zero attached hydrogens (tertiary/aromatic N) is 2. The molecule has 0 saturated carbocycles. The first-order chi connectivity index (χ1) is 16.5. The second-order valence-corrected chi connectivity index (χ2v) is 9.49. The summed E-state index contributed by atoms with van der Waals surface area (Å²) in [5.74, 6) is -2.51. The molecule has 5 nitrogen and oxygen atoms in total. The minimum atomic E-state index is -0.841. The van der Waals surface area contributed by atoms with E-state index in [-0.39, 0.29) is 11.7 Å². The highest BCUT2D eigenvalue weighted by molar-refractivity contribution is 6.36. The molecule has 3 aromatic rings. The molecule has 7 heteroatoms. The van der Waals surface area contributed by atoms with Crippen molar-refractivity contribution in [3.8, 4) is 0 Å². The third-order valence-electron chi connectivity index (χ3n) is 6.91. The molecule has 168 valence electrons. The van der Waals surface area contributed by atoms with Crippen LogP contribution >= 0.6 is 23.2 Å². The maximum atomic E-state index is 13.9. The fourth-order valence-electron chi connectivity index (χ4n) is 5.47. The van der Waals surface area contributed by atoms with Crippen molar-refractivity contribution in [1.29, 1.82) is 0 Å². The fourth-order valence-corrected chi connectivity index (χ4v) is 5.82. The van der Waals surface area contributed by atoms with Crippen LogP contribution in [0, 0.1) is 11.8 Å². The lowest BCUT2D eigenvalue weighted by molar-refractivity contribution is -0.122. The summed E-state index contributed by atoms with van der Waals surface area (Å²) in [6, 6.07) is 19.8. The summed E-state index contributed by atoms with van der Waals surface area (Å²) in [7, 11) is 0. The van der Waals surface area contributed by atoms with Gasteiger partial charge in [0, 0.05) is 16.3 Å². The number of benzene rings is 3. The molecule has 0 bridgehead atoms. The second-order valence-electron chi connectivity index (χ2n) is 8.65. The first-order valence-corrected chi connectivity index (χ1v) is 11.7. The minimum Gasteiger partial charge on any atom is -0.352 e. The van der Waals surface area contributed by atoms with E-state index in [9.17, 15) is 14.4 Å². The molecular formula is C27H18Cl2N2O3. The van der Waals surface area contributed by atoms with Crippen molar-refractivity contribution in [2.24, 2.45) is 11.8 Å². The van der Waals surface area contributed by atoms with Crippen LogP contribution in [0.1, 0.15) is 15.9 Å². The Bertz CT molecular complexity index is 1380. The molecule has 0 aliphatic carbocycles. The molecule has 0 radical (unpaired) electrons. The van der Waals surface area contributed by atoms with Gasteiger partial charge < -0.3 is 4.90 Å². The summed E-state index contributed by atoms with van der Waals surface area (Å²) >= 11 is 12.4. The fraction of sp³-hybridized carbons (Fsp3) is 0.148. The van der Waals surface area contributed by atoms with Gasteiger partial charge in [-0.2, -0.15) is 0 Å². The van der Waals surface area contributed by atoms with E-state index < -0.39 is 29.8 Å². The Morgan fingerprint density at radius 2 is 1.41 bits per heavy atom. The third-order valence-corrected chi connectivity index (χ3v) is 7.48. The Labute approximate surface area is 206 Å². The number of carbonyl (C=O) groups excluding carboxylic acids is 3. The van der Waals surface area contributed by atoms with E-state index in [0.29, 0.717) is 21.3 Å². The average Bonchev–Trinajstić information content (AvgIpc) is 3.32. The van der Waals surface area contributed by atoms with E-state index in [1.54, 1.807) is 48.5 Å². The zero-order valence-corrected chi connectivity index (χ0v) is 19.3. The number of halogens is 2. The summed E-state index contributed by atoms with van der Waals surface area (Å²) < 4.78 is 0. The SMILES string of the molecule is O=C(c1ccc(Cl)cc1)[C@@H]1[C@@H]2C(=O)N(c3ccccc3Cl)C(=O)[C@H]2[C@H]2C=Cc3ccccc3N21. The number of para-hydroxylation sites is 2. The third kappa shape index (κ3) is 2.97. The maximum absolute atomic E-state index is 13.9. The van der Waals surface area contributed by atoms with Crippen molar-refractivity contribution >= 4 is 58.3 Å². The van der Waals surface area contributed by atoms with Gasteiger partial charge in [-0.25, -0.2) is 4.90 Å². The number of Topliss-reactive ketones (excluding diaryl/α,β-unsaturated/α-hetero) is 1. The normalized spacial score (nSPS) is 24.8. The first-order valence-electron chi connectivity index (χ1n) is 10.9. The van der Waals surface area contributed by atoms with Crippen LogP contribution < -0.4 is 9.80 Å². The van der Waals surface area contributed by atoms with E-state index in [4.69, 9.17) is 23.2 Å². The Kier molecular flexibility index (Phi) is 4.87. The number of amides is 2. The minimum absolute atomic E-state index is 0.221. The van der Waals surface area contributed by atoms with Gasteiger partial charge in [-0.3, -0.25) is 14.4 Å². The Balaban J connectivity index is 1.51. The van der Waals surface area contributed by atoms with E-state index in [0.717, 1.165) is 16.2 Å². The zero-order valence-electron chi connectivity index (χ0n) is 17.8. The molecule has 3 aromatic carbocycles. The van der Waals surface area contributed by atoms with Crippen LogP contribution in [0.3, 0.4) is 0 Å². The van der Waals surface area contributed by atoms with Crippen LogP contribution in [-0.4, -0.2) is 29.7 Å². The van der Waals surface area contributed by atoms with Gasteiger partial charge in [-0.05, 0) is 48.0 Å². The van der Waals surface area contributed by atoms with Crippen LogP contribution in [0.4, 0.5) is 11.4 Å². The van der Waals surface area contributed by atoms with Gasteiger partial charge in [0.25, 0.3) is 0 Å². The number of hydrogen-bond donors (Lipinski definition) is 0. The highest BCUT2D eigenvalue weighted by atomic mass is 35.5. The van der Waals surface area contributed by atoms with Crippen molar-refractivity contribution in [2.75, 3.05) is 9.80 Å². The van der Waals surface area contributed by atoms with Gasteiger partial charge in [-0.15, -0.1) is 0 Å². The molecule has 0 spiro atoms. The Hall–Kier alpha value is -3.41. The molecule has 0 N–H and O–H groups in total. The molecule has 2 saturated heterocycles. The van der Waals surface area contributed by atoms with Crippen LogP contribution in [0.15, 0.2) is 78.9 Å². The number of imide groups is 1. The van der Waals surface area contributed by atoms with Gasteiger partial charge in [-0.1, -0.05) is 65.7 Å². The number of anilines is 2. The number of ketones is 1. The summed E-state index contributed by atoms with van der Waals surface area (Å²) in [5, 5.41) is 0.827. The van der Waals surface area contributed by atoms with E-state index in [1.165, 1.54) is 0 Å². The van der Waals surface area contributed by atoms with Crippen molar-refractivity contribution in [3.63, 3.8) is 0 Å². The molecule has 3 aliphatic rings. The van der Waals surface area contributed by atoms with E-state index in [1.807, 2.05) is 41.3 Å².